The highest BCUT2D eigenvalue weighted by atomic mass is 16.5. The van der Waals surface area contributed by atoms with E-state index < -0.39 is 17.8 Å². The van der Waals surface area contributed by atoms with Gasteiger partial charge in [-0.25, -0.2) is 10.2 Å². The van der Waals surface area contributed by atoms with Crippen molar-refractivity contribution in [2.75, 3.05) is 6.61 Å². The van der Waals surface area contributed by atoms with Crippen LogP contribution in [-0.4, -0.2) is 35.7 Å². The van der Waals surface area contributed by atoms with Crippen LogP contribution in [0.25, 0.3) is 0 Å². The number of carbonyl (C=O) groups is 3. The van der Waals surface area contributed by atoms with Gasteiger partial charge in [0, 0.05) is 0 Å². The number of hydrazone groups is 1. The normalized spacial score (nSPS) is 10.5. The molecule has 9 heteroatoms. The predicted octanol–water partition coefficient (Wildman–Crippen LogP) is 1.14. The van der Waals surface area contributed by atoms with E-state index in [9.17, 15) is 19.5 Å². The van der Waals surface area contributed by atoms with Gasteiger partial charge in [0.25, 0.3) is 0 Å². The third-order valence-electron chi connectivity index (χ3n) is 3.12. The third kappa shape index (κ3) is 5.20. The Balaban J connectivity index is 1.92. The minimum absolute atomic E-state index is 0.0293. The second kappa shape index (κ2) is 9.02. The lowest BCUT2D eigenvalue weighted by molar-refractivity contribution is -0.139. The van der Waals surface area contributed by atoms with Crippen molar-refractivity contribution in [1.82, 2.24) is 10.7 Å². The summed E-state index contributed by atoms with van der Waals surface area (Å²) >= 11 is 0. The molecule has 1 heterocycles. The Hall–Kier alpha value is -3.62. The molecule has 0 saturated heterocycles. The molecule has 9 nitrogen and oxygen atoms in total. The van der Waals surface area contributed by atoms with Crippen LogP contribution in [-0.2, 0) is 16.1 Å². The number of hydrogen-bond donors (Lipinski definition) is 3. The van der Waals surface area contributed by atoms with E-state index in [1.807, 2.05) is 0 Å². The molecule has 0 aliphatic rings. The van der Waals surface area contributed by atoms with Crippen molar-refractivity contribution in [2.45, 2.75) is 13.5 Å². The van der Waals surface area contributed by atoms with Gasteiger partial charge in [0.1, 0.15) is 17.1 Å². The molecule has 2 amide bonds. The number of ether oxygens (including phenoxy) is 1. The lowest BCUT2D eigenvalue weighted by atomic mass is 10.1. The molecule has 136 valence electrons. The molecular weight excluding hydrogens is 342 g/mol. The van der Waals surface area contributed by atoms with Crippen LogP contribution in [0.3, 0.4) is 0 Å². The summed E-state index contributed by atoms with van der Waals surface area (Å²) < 4.78 is 10.3. The summed E-state index contributed by atoms with van der Waals surface area (Å²) in [6.07, 6.45) is 2.67. The molecule has 0 bridgehead atoms. The summed E-state index contributed by atoms with van der Waals surface area (Å²) in [7, 11) is 0. The fourth-order valence-electron chi connectivity index (χ4n) is 1.95. The average molecular weight is 359 g/mol. The quantitative estimate of drug-likeness (QED) is 0.386. The standard InChI is InChI=1S/C17H17N3O6/c1-2-25-14-6-5-11(8-13(14)17(23)24)9-19-20-16(22)15(21)18-10-12-4-3-7-26-12/h3-9H,2,10H2,1H3,(H,18,21)(H,20,22)(H,23,24)/b19-9-. The predicted molar refractivity (Wildman–Crippen MR) is 90.9 cm³/mol. The van der Waals surface area contributed by atoms with E-state index in [-0.39, 0.29) is 17.9 Å². The minimum Gasteiger partial charge on any atom is -0.493 e. The van der Waals surface area contributed by atoms with Crippen LogP contribution in [0.4, 0.5) is 0 Å². The summed E-state index contributed by atoms with van der Waals surface area (Å²) in [5.41, 5.74) is 2.45. The van der Waals surface area contributed by atoms with Gasteiger partial charge in [-0.15, -0.1) is 0 Å². The fourth-order valence-corrected chi connectivity index (χ4v) is 1.95. The smallest absolute Gasteiger partial charge is 0.339 e. The van der Waals surface area contributed by atoms with Gasteiger partial charge in [0.05, 0.1) is 25.6 Å². The lowest BCUT2D eigenvalue weighted by Crippen LogP contribution is -2.37. The van der Waals surface area contributed by atoms with Gasteiger partial charge in [-0.2, -0.15) is 5.10 Å². The van der Waals surface area contributed by atoms with Crippen molar-refractivity contribution in [2.24, 2.45) is 5.10 Å². The van der Waals surface area contributed by atoms with E-state index >= 15 is 0 Å². The van der Waals surface area contributed by atoms with Crippen molar-refractivity contribution < 1.29 is 28.6 Å². The molecule has 1 aromatic carbocycles. The van der Waals surface area contributed by atoms with Crippen LogP contribution in [0.1, 0.15) is 28.6 Å². The zero-order chi connectivity index (χ0) is 18.9. The molecule has 0 radical (unpaired) electrons. The first-order valence-electron chi connectivity index (χ1n) is 7.65. The molecule has 0 fully saturated rings. The SMILES string of the molecule is CCOc1ccc(/C=N\NC(=O)C(=O)NCc2ccco2)cc1C(=O)O. The number of carbonyl (C=O) groups excluding carboxylic acids is 2. The number of aromatic carboxylic acids is 1. The van der Waals surface area contributed by atoms with Crippen molar-refractivity contribution in [3.63, 3.8) is 0 Å². The number of benzene rings is 1. The Morgan fingerprint density at radius 3 is 2.73 bits per heavy atom. The topological polar surface area (TPSA) is 130 Å². The Bertz CT molecular complexity index is 814. The molecule has 0 aliphatic heterocycles. The highest BCUT2D eigenvalue weighted by molar-refractivity contribution is 6.35. The van der Waals surface area contributed by atoms with Crippen molar-refractivity contribution in [3.8, 4) is 5.75 Å². The first kappa shape index (κ1) is 18.7. The molecule has 2 rings (SSSR count). The zero-order valence-corrected chi connectivity index (χ0v) is 13.9. The van der Waals surface area contributed by atoms with Crippen LogP contribution in [0.15, 0.2) is 46.1 Å². The molecular formula is C17H17N3O6. The van der Waals surface area contributed by atoms with Gasteiger partial charge in [-0.05, 0) is 42.8 Å². The number of hydrogen-bond acceptors (Lipinski definition) is 6. The first-order valence-corrected chi connectivity index (χ1v) is 7.65. The number of nitrogens with one attached hydrogen (secondary N) is 2. The van der Waals surface area contributed by atoms with Crippen molar-refractivity contribution in [1.29, 1.82) is 0 Å². The Kier molecular flexibility index (Phi) is 6.49. The van der Waals surface area contributed by atoms with Gasteiger partial charge in [0.15, 0.2) is 0 Å². The van der Waals surface area contributed by atoms with E-state index in [0.29, 0.717) is 17.9 Å². The number of rotatable bonds is 7. The summed E-state index contributed by atoms with van der Waals surface area (Å²) in [6.45, 7) is 2.15. The third-order valence-corrected chi connectivity index (χ3v) is 3.12. The van der Waals surface area contributed by atoms with E-state index in [1.54, 1.807) is 25.1 Å². The van der Waals surface area contributed by atoms with Gasteiger partial charge < -0.3 is 19.6 Å². The van der Waals surface area contributed by atoms with Crippen LogP contribution >= 0.6 is 0 Å². The van der Waals surface area contributed by atoms with Gasteiger partial charge in [-0.3, -0.25) is 9.59 Å². The Morgan fingerprint density at radius 1 is 1.27 bits per heavy atom. The maximum Gasteiger partial charge on any atom is 0.339 e. The van der Waals surface area contributed by atoms with Crippen LogP contribution in [0.5, 0.6) is 5.75 Å². The van der Waals surface area contributed by atoms with Crippen molar-refractivity contribution in [3.05, 3.63) is 53.5 Å². The van der Waals surface area contributed by atoms with Crippen molar-refractivity contribution >= 4 is 24.0 Å². The van der Waals surface area contributed by atoms with Crippen LogP contribution in [0, 0.1) is 0 Å². The van der Waals surface area contributed by atoms with Gasteiger partial charge in [0.2, 0.25) is 0 Å². The minimum atomic E-state index is -1.15. The maximum absolute atomic E-state index is 11.6. The van der Waals surface area contributed by atoms with E-state index in [0.717, 1.165) is 0 Å². The summed E-state index contributed by atoms with van der Waals surface area (Å²) in [4.78, 5) is 34.5. The highest BCUT2D eigenvalue weighted by Gasteiger charge is 2.13. The maximum atomic E-state index is 11.6. The zero-order valence-electron chi connectivity index (χ0n) is 13.9. The number of carboxylic acid groups (broad SMARTS) is 1. The lowest BCUT2D eigenvalue weighted by Gasteiger charge is -2.07. The van der Waals surface area contributed by atoms with E-state index in [2.05, 4.69) is 15.8 Å². The molecule has 0 spiro atoms. The van der Waals surface area contributed by atoms with Crippen LogP contribution in [0.2, 0.25) is 0 Å². The summed E-state index contributed by atoms with van der Waals surface area (Å²) in [5.74, 6) is -2.25. The molecule has 3 N–H and O–H groups in total. The Morgan fingerprint density at radius 2 is 2.08 bits per heavy atom. The van der Waals surface area contributed by atoms with Crippen LogP contribution < -0.4 is 15.5 Å². The fraction of sp³-hybridized carbons (Fsp3) is 0.176. The highest BCUT2D eigenvalue weighted by Crippen LogP contribution is 2.19. The number of nitrogens with zero attached hydrogens (tertiary/aromatic N) is 1. The molecule has 0 atom stereocenters. The van der Waals surface area contributed by atoms with Gasteiger partial charge >= 0.3 is 17.8 Å². The molecule has 2 aromatic rings. The van der Waals surface area contributed by atoms with E-state index in [1.165, 1.54) is 24.6 Å². The summed E-state index contributed by atoms with van der Waals surface area (Å²) in [5, 5.41) is 15.2. The Labute approximate surface area is 148 Å². The average Bonchev–Trinajstić information content (AvgIpc) is 3.14. The first-order chi connectivity index (χ1) is 12.5. The number of furan rings is 1. The van der Waals surface area contributed by atoms with Gasteiger partial charge in [-0.1, -0.05) is 0 Å². The van der Waals surface area contributed by atoms with E-state index in [4.69, 9.17) is 9.15 Å². The number of carboxylic acids is 1. The largest absolute Gasteiger partial charge is 0.493 e. The second-order valence-corrected chi connectivity index (χ2v) is 4.95. The summed E-state index contributed by atoms with van der Waals surface area (Å²) in [6, 6.07) is 7.73. The molecule has 0 unspecified atom stereocenters. The monoisotopic (exact) mass is 359 g/mol. The molecule has 0 aliphatic carbocycles. The molecule has 1 aromatic heterocycles. The molecule has 0 saturated carbocycles. The number of amides is 2. The molecule has 26 heavy (non-hydrogen) atoms. The second-order valence-electron chi connectivity index (χ2n) is 4.95.